The third-order valence-electron chi connectivity index (χ3n) is 3.40. The van der Waals surface area contributed by atoms with Crippen LogP contribution < -0.4 is 10.6 Å². The van der Waals surface area contributed by atoms with Crippen LogP contribution in [0.3, 0.4) is 0 Å². The summed E-state index contributed by atoms with van der Waals surface area (Å²) < 4.78 is 5.19. The molecule has 1 aromatic carbocycles. The summed E-state index contributed by atoms with van der Waals surface area (Å²) in [5.74, 6) is 0.0835. The number of furan rings is 1. The first-order chi connectivity index (χ1) is 12.2. The first-order valence-electron chi connectivity index (χ1n) is 7.63. The lowest BCUT2D eigenvalue weighted by molar-refractivity contribution is -0.111. The van der Waals surface area contributed by atoms with Gasteiger partial charge in [0.2, 0.25) is 5.91 Å². The molecule has 25 heavy (non-hydrogen) atoms. The van der Waals surface area contributed by atoms with Crippen LogP contribution in [0.1, 0.15) is 21.7 Å². The minimum Gasteiger partial charge on any atom is -0.467 e. The average molecular weight is 352 g/mol. The molecule has 0 aliphatic rings. The summed E-state index contributed by atoms with van der Waals surface area (Å²) >= 11 is 1.56. The summed E-state index contributed by atoms with van der Waals surface area (Å²) in [5, 5.41) is 9.39. The molecule has 0 saturated heterocycles. The first kappa shape index (κ1) is 16.7. The highest BCUT2D eigenvalue weighted by atomic mass is 32.1. The molecule has 0 aliphatic carbocycles. The number of carbonyl (C=O) groups excluding carboxylic acids is 2. The molecule has 5 nitrogen and oxygen atoms in total. The fraction of sp³-hybridized carbons (Fsp3) is 0.0526. The number of benzene rings is 1. The predicted molar refractivity (Wildman–Crippen MR) is 98.3 cm³/mol. The summed E-state index contributed by atoms with van der Waals surface area (Å²) in [6, 6.07) is 12.3. The summed E-state index contributed by atoms with van der Waals surface area (Å²) in [4.78, 5) is 24.5. The molecule has 0 atom stereocenters. The zero-order chi connectivity index (χ0) is 17.5. The molecule has 0 radical (unpaired) electrons. The normalized spacial score (nSPS) is 10.7. The van der Waals surface area contributed by atoms with Crippen molar-refractivity contribution in [1.29, 1.82) is 0 Å². The van der Waals surface area contributed by atoms with E-state index < -0.39 is 0 Å². The molecule has 3 rings (SSSR count). The van der Waals surface area contributed by atoms with E-state index in [1.165, 1.54) is 6.08 Å². The zero-order valence-corrected chi connectivity index (χ0v) is 14.1. The van der Waals surface area contributed by atoms with Gasteiger partial charge in [0.1, 0.15) is 5.76 Å². The smallest absolute Gasteiger partial charge is 0.253 e. The van der Waals surface area contributed by atoms with Crippen molar-refractivity contribution in [1.82, 2.24) is 5.32 Å². The van der Waals surface area contributed by atoms with Crippen LogP contribution in [0.2, 0.25) is 0 Å². The molecule has 0 unspecified atom stereocenters. The lowest BCUT2D eigenvalue weighted by Gasteiger charge is -2.09. The van der Waals surface area contributed by atoms with Crippen molar-refractivity contribution in [3.8, 4) is 0 Å². The van der Waals surface area contributed by atoms with E-state index in [4.69, 9.17) is 4.42 Å². The Morgan fingerprint density at radius 2 is 2.00 bits per heavy atom. The second kappa shape index (κ2) is 8.12. The standard InChI is InChI=1S/C19H16N2O3S/c22-18(8-7-14-9-11-25-13-14)21-17-6-2-1-5-16(17)19(23)20-12-15-4-3-10-24-15/h1-11,13H,12H2,(H,20,23)(H,21,22)/b8-7+. The molecule has 2 N–H and O–H groups in total. The van der Waals surface area contributed by atoms with E-state index in [2.05, 4.69) is 10.6 Å². The van der Waals surface area contributed by atoms with Gasteiger partial charge in [-0.1, -0.05) is 12.1 Å². The fourth-order valence-corrected chi connectivity index (χ4v) is 2.81. The van der Waals surface area contributed by atoms with Crippen LogP contribution in [0, 0.1) is 0 Å². The van der Waals surface area contributed by atoms with Crippen LogP contribution >= 0.6 is 11.3 Å². The molecule has 0 spiro atoms. The van der Waals surface area contributed by atoms with Gasteiger partial charge in [0.15, 0.2) is 0 Å². The van der Waals surface area contributed by atoms with Crippen molar-refractivity contribution in [3.63, 3.8) is 0 Å². The quantitative estimate of drug-likeness (QED) is 0.661. The highest BCUT2D eigenvalue weighted by Gasteiger charge is 2.12. The number of para-hydroxylation sites is 1. The zero-order valence-electron chi connectivity index (χ0n) is 13.3. The molecule has 3 aromatic rings. The van der Waals surface area contributed by atoms with Gasteiger partial charge < -0.3 is 15.1 Å². The number of hydrogen-bond acceptors (Lipinski definition) is 4. The van der Waals surface area contributed by atoms with Crippen molar-refractivity contribution in [3.05, 3.63) is 82.5 Å². The molecule has 2 aromatic heterocycles. The number of anilines is 1. The third-order valence-corrected chi connectivity index (χ3v) is 4.10. The van der Waals surface area contributed by atoms with Gasteiger partial charge in [-0.15, -0.1) is 0 Å². The maximum absolute atomic E-state index is 12.4. The monoisotopic (exact) mass is 352 g/mol. The third kappa shape index (κ3) is 4.68. The van der Waals surface area contributed by atoms with Crippen LogP contribution in [0.15, 0.2) is 70.0 Å². The first-order valence-corrected chi connectivity index (χ1v) is 8.57. The Kier molecular flexibility index (Phi) is 5.43. The van der Waals surface area contributed by atoms with Crippen LogP contribution in [-0.4, -0.2) is 11.8 Å². The van der Waals surface area contributed by atoms with Gasteiger partial charge in [0.25, 0.3) is 5.91 Å². The summed E-state index contributed by atoms with van der Waals surface area (Å²) in [7, 11) is 0. The number of carbonyl (C=O) groups is 2. The highest BCUT2D eigenvalue weighted by Crippen LogP contribution is 2.16. The van der Waals surface area contributed by atoms with E-state index in [0.29, 0.717) is 17.0 Å². The van der Waals surface area contributed by atoms with Gasteiger partial charge in [0, 0.05) is 6.08 Å². The molecule has 0 fully saturated rings. The topological polar surface area (TPSA) is 71.3 Å². The van der Waals surface area contributed by atoms with Crippen molar-refractivity contribution in [2.45, 2.75) is 6.54 Å². The number of nitrogens with one attached hydrogen (secondary N) is 2. The highest BCUT2D eigenvalue weighted by molar-refractivity contribution is 7.08. The van der Waals surface area contributed by atoms with Crippen molar-refractivity contribution in [2.24, 2.45) is 0 Å². The minimum atomic E-state index is -0.294. The lowest BCUT2D eigenvalue weighted by Crippen LogP contribution is -2.24. The number of rotatable bonds is 6. The van der Waals surface area contributed by atoms with E-state index in [0.717, 1.165) is 5.56 Å². The average Bonchev–Trinajstić information content (AvgIpc) is 3.32. The maximum Gasteiger partial charge on any atom is 0.253 e. The van der Waals surface area contributed by atoms with Crippen LogP contribution in [0.25, 0.3) is 6.08 Å². The molecular weight excluding hydrogens is 336 g/mol. The maximum atomic E-state index is 12.4. The van der Waals surface area contributed by atoms with Gasteiger partial charge in [-0.3, -0.25) is 9.59 Å². The summed E-state index contributed by atoms with van der Waals surface area (Å²) in [6.07, 6.45) is 4.72. The Labute approximate surface area is 149 Å². The molecule has 0 bridgehead atoms. The van der Waals surface area contributed by atoms with Crippen molar-refractivity contribution < 1.29 is 14.0 Å². The van der Waals surface area contributed by atoms with Crippen molar-refractivity contribution in [2.75, 3.05) is 5.32 Å². The van der Waals surface area contributed by atoms with Gasteiger partial charge in [-0.25, -0.2) is 0 Å². The van der Waals surface area contributed by atoms with E-state index in [1.807, 2.05) is 16.8 Å². The fourth-order valence-electron chi connectivity index (χ4n) is 2.18. The van der Waals surface area contributed by atoms with E-state index >= 15 is 0 Å². The van der Waals surface area contributed by atoms with Crippen molar-refractivity contribution >= 4 is 34.9 Å². The largest absolute Gasteiger partial charge is 0.467 e. The van der Waals surface area contributed by atoms with Crippen LogP contribution in [0.5, 0.6) is 0 Å². The Balaban J connectivity index is 1.65. The van der Waals surface area contributed by atoms with E-state index in [9.17, 15) is 9.59 Å². The Bertz CT molecular complexity index is 868. The molecular formula is C19H16N2O3S. The molecule has 2 heterocycles. The van der Waals surface area contributed by atoms with Gasteiger partial charge in [0.05, 0.1) is 24.1 Å². The summed E-state index contributed by atoms with van der Waals surface area (Å²) in [6.45, 7) is 0.284. The second-order valence-corrected chi connectivity index (χ2v) is 5.97. The molecule has 6 heteroatoms. The molecule has 0 saturated carbocycles. The number of amides is 2. The van der Waals surface area contributed by atoms with E-state index in [1.54, 1.807) is 60.1 Å². The SMILES string of the molecule is O=C(/C=C/c1ccsc1)Nc1ccccc1C(=O)NCc1ccco1. The summed E-state index contributed by atoms with van der Waals surface area (Å²) in [5.41, 5.74) is 1.82. The van der Waals surface area contributed by atoms with Gasteiger partial charge in [-0.2, -0.15) is 11.3 Å². The Morgan fingerprint density at radius 3 is 2.76 bits per heavy atom. The lowest BCUT2D eigenvalue weighted by atomic mass is 10.1. The number of hydrogen-bond donors (Lipinski definition) is 2. The molecule has 126 valence electrons. The second-order valence-electron chi connectivity index (χ2n) is 5.19. The molecule has 2 amide bonds. The van der Waals surface area contributed by atoms with E-state index in [-0.39, 0.29) is 18.4 Å². The predicted octanol–water partition coefficient (Wildman–Crippen LogP) is 3.92. The van der Waals surface area contributed by atoms with Gasteiger partial charge >= 0.3 is 0 Å². The minimum absolute atomic E-state index is 0.283. The molecule has 0 aliphatic heterocycles. The Hall–Kier alpha value is -3.12. The van der Waals surface area contributed by atoms with Gasteiger partial charge in [-0.05, 0) is 52.7 Å². The van der Waals surface area contributed by atoms with Crippen LogP contribution in [0.4, 0.5) is 5.69 Å². The Morgan fingerprint density at radius 1 is 1.12 bits per heavy atom. The number of thiophene rings is 1. The van der Waals surface area contributed by atoms with Crippen LogP contribution in [-0.2, 0) is 11.3 Å².